The van der Waals surface area contributed by atoms with Crippen LogP contribution in [-0.4, -0.2) is 16.1 Å². The van der Waals surface area contributed by atoms with E-state index < -0.39 is 0 Å². The highest BCUT2D eigenvalue weighted by Crippen LogP contribution is 2.27. The van der Waals surface area contributed by atoms with Gasteiger partial charge in [0.05, 0.1) is 0 Å². The van der Waals surface area contributed by atoms with Crippen molar-refractivity contribution < 1.29 is 9.21 Å². The molecule has 4 rings (SSSR count). The summed E-state index contributed by atoms with van der Waals surface area (Å²) in [6, 6.07) is 5.06. The predicted molar refractivity (Wildman–Crippen MR) is 90.5 cm³/mol. The average Bonchev–Trinajstić information content (AvgIpc) is 3.11. The quantitative estimate of drug-likeness (QED) is 0.710. The number of carbonyl (C=O) groups excluding carboxylic acids is 1. The molecule has 6 heteroatoms. The van der Waals surface area contributed by atoms with Gasteiger partial charge in [0.25, 0.3) is 5.91 Å². The van der Waals surface area contributed by atoms with E-state index in [1.807, 2.05) is 19.9 Å². The number of hydrogen-bond donors (Lipinski definition) is 2. The van der Waals surface area contributed by atoms with Crippen molar-refractivity contribution in [3.05, 3.63) is 56.7 Å². The number of fused-ring (bicyclic) bond motifs is 2. The Morgan fingerprint density at radius 1 is 1.21 bits per heavy atom. The summed E-state index contributed by atoms with van der Waals surface area (Å²) >= 11 is 0. The molecule has 0 atom stereocenters. The van der Waals surface area contributed by atoms with Crippen molar-refractivity contribution in [3.63, 3.8) is 0 Å². The third-order valence-electron chi connectivity index (χ3n) is 4.57. The lowest BCUT2D eigenvalue weighted by Gasteiger charge is -2.10. The van der Waals surface area contributed by atoms with Crippen molar-refractivity contribution >= 4 is 22.6 Å². The summed E-state index contributed by atoms with van der Waals surface area (Å²) in [5.74, 6) is -0.216. The first-order valence-corrected chi connectivity index (χ1v) is 7.95. The largest absolute Gasteiger partial charge is 0.423 e. The number of aromatic amines is 1. The minimum absolute atomic E-state index is 0.216. The molecule has 1 amide bonds. The molecule has 1 aromatic carbocycles. The maximum Gasteiger partial charge on any atom is 0.336 e. The number of nitrogens with one attached hydrogen (secondary N) is 2. The molecule has 0 fully saturated rings. The lowest BCUT2D eigenvalue weighted by Crippen LogP contribution is -2.15. The molecular weight excluding hydrogens is 306 g/mol. The van der Waals surface area contributed by atoms with Crippen molar-refractivity contribution in [1.82, 2.24) is 10.2 Å². The number of anilines is 1. The number of benzene rings is 1. The average molecular weight is 323 g/mol. The molecular formula is C18H17N3O3. The van der Waals surface area contributed by atoms with E-state index in [-0.39, 0.29) is 11.5 Å². The molecule has 0 saturated heterocycles. The van der Waals surface area contributed by atoms with Crippen LogP contribution in [0.1, 0.15) is 39.3 Å². The zero-order valence-electron chi connectivity index (χ0n) is 13.5. The lowest BCUT2D eigenvalue weighted by molar-refractivity contribution is 0.102. The highest BCUT2D eigenvalue weighted by atomic mass is 16.4. The van der Waals surface area contributed by atoms with Gasteiger partial charge in [-0.1, -0.05) is 0 Å². The zero-order valence-corrected chi connectivity index (χ0v) is 13.5. The van der Waals surface area contributed by atoms with E-state index in [1.54, 1.807) is 6.07 Å². The van der Waals surface area contributed by atoms with Gasteiger partial charge in [0.1, 0.15) is 5.58 Å². The van der Waals surface area contributed by atoms with Crippen LogP contribution in [0.15, 0.2) is 27.4 Å². The molecule has 3 aromatic rings. The molecule has 0 saturated carbocycles. The SMILES string of the molecule is Cc1cc2oc(=O)cc(C)c2cc1NC(=O)c1n[nH]c2c1CCC2. The Balaban J connectivity index is 1.72. The first-order chi connectivity index (χ1) is 11.5. The van der Waals surface area contributed by atoms with E-state index in [9.17, 15) is 9.59 Å². The fourth-order valence-corrected chi connectivity index (χ4v) is 3.29. The number of hydrogen-bond acceptors (Lipinski definition) is 4. The molecule has 2 aromatic heterocycles. The second-order valence-corrected chi connectivity index (χ2v) is 6.25. The number of rotatable bonds is 2. The third-order valence-corrected chi connectivity index (χ3v) is 4.57. The number of H-pyrrole nitrogens is 1. The Morgan fingerprint density at radius 2 is 2.04 bits per heavy atom. The molecule has 6 nitrogen and oxygen atoms in total. The van der Waals surface area contributed by atoms with Gasteiger partial charge < -0.3 is 9.73 Å². The van der Waals surface area contributed by atoms with Crippen molar-refractivity contribution in [2.45, 2.75) is 33.1 Å². The van der Waals surface area contributed by atoms with Crippen LogP contribution >= 0.6 is 0 Å². The van der Waals surface area contributed by atoms with Gasteiger partial charge in [0.2, 0.25) is 0 Å². The van der Waals surface area contributed by atoms with Crippen LogP contribution < -0.4 is 10.9 Å². The van der Waals surface area contributed by atoms with Crippen LogP contribution in [0.2, 0.25) is 0 Å². The fourth-order valence-electron chi connectivity index (χ4n) is 3.29. The molecule has 0 spiro atoms. The van der Waals surface area contributed by atoms with Crippen LogP contribution in [0.3, 0.4) is 0 Å². The lowest BCUT2D eigenvalue weighted by atomic mass is 10.1. The van der Waals surface area contributed by atoms with Gasteiger partial charge >= 0.3 is 5.63 Å². The molecule has 1 aliphatic rings. The molecule has 2 heterocycles. The first-order valence-electron chi connectivity index (χ1n) is 7.95. The Kier molecular flexibility index (Phi) is 3.26. The number of aromatic nitrogens is 2. The Morgan fingerprint density at radius 3 is 2.88 bits per heavy atom. The van der Waals surface area contributed by atoms with E-state index in [0.29, 0.717) is 17.0 Å². The fraction of sp³-hybridized carbons (Fsp3) is 0.278. The third kappa shape index (κ3) is 2.31. The second-order valence-electron chi connectivity index (χ2n) is 6.25. The Bertz CT molecular complexity index is 1030. The molecule has 1 aliphatic carbocycles. The van der Waals surface area contributed by atoms with Gasteiger partial charge in [0.15, 0.2) is 5.69 Å². The molecule has 0 aliphatic heterocycles. The predicted octanol–water partition coefficient (Wildman–Crippen LogP) is 2.87. The summed E-state index contributed by atoms with van der Waals surface area (Å²) in [6.45, 7) is 3.72. The summed E-state index contributed by atoms with van der Waals surface area (Å²) in [7, 11) is 0. The summed E-state index contributed by atoms with van der Waals surface area (Å²) in [5.41, 5.74) is 5.05. The number of aryl methyl sites for hydroxylation is 3. The van der Waals surface area contributed by atoms with Crippen LogP contribution in [0.5, 0.6) is 0 Å². The maximum atomic E-state index is 12.6. The van der Waals surface area contributed by atoms with Gasteiger partial charge in [-0.05, 0) is 56.4 Å². The van der Waals surface area contributed by atoms with Crippen LogP contribution in [0, 0.1) is 13.8 Å². The summed E-state index contributed by atoms with van der Waals surface area (Å²) in [6.07, 6.45) is 2.88. The van der Waals surface area contributed by atoms with Gasteiger partial charge in [-0.2, -0.15) is 5.10 Å². The number of nitrogens with zero attached hydrogens (tertiary/aromatic N) is 1. The van der Waals surface area contributed by atoms with Crippen LogP contribution in [0.25, 0.3) is 11.0 Å². The Labute approximate surface area is 137 Å². The van der Waals surface area contributed by atoms with Crippen molar-refractivity contribution in [1.29, 1.82) is 0 Å². The number of carbonyl (C=O) groups is 1. The minimum atomic E-state index is -0.372. The van der Waals surface area contributed by atoms with E-state index in [4.69, 9.17) is 4.42 Å². The summed E-state index contributed by atoms with van der Waals surface area (Å²) in [5, 5.41) is 10.9. The van der Waals surface area contributed by atoms with E-state index in [1.165, 1.54) is 6.07 Å². The first kappa shape index (κ1) is 14.7. The molecule has 24 heavy (non-hydrogen) atoms. The standard InChI is InChI=1S/C18H17N3O3/c1-9-7-16(22)24-15-6-10(2)14(8-12(9)15)19-18(23)17-11-4-3-5-13(11)20-21-17/h6-8H,3-5H2,1-2H3,(H,19,23)(H,20,21). The van der Waals surface area contributed by atoms with E-state index >= 15 is 0 Å². The van der Waals surface area contributed by atoms with Crippen molar-refractivity contribution in [2.75, 3.05) is 5.32 Å². The maximum absolute atomic E-state index is 12.6. The summed E-state index contributed by atoms with van der Waals surface area (Å²) in [4.78, 5) is 24.1. The van der Waals surface area contributed by atoms with Crippen molar-refractivity contribution in [3.8, 4) is 0 Å². The normalized spacial score (nSPS) is 13.2. The number of amides is 1. The van der Waals surface area contributed by atoms with Crippen LogP contribution in [-0.2, 0) is 12.8 Å². The highest BCUT2D eigenvalue weighted by Gasteiger charge is 2.23. The second kappa shape index (κ2) is 5.33. The molecule has 0 radical (unpaired) electrons. The monoisotopic (exact) mass is 323 g/mol. The smallest absolute Gasteiger partial charge is 0.336 e. The zero-order chi connectivity index (χ0) is 16.8. The van der Waals surface area contributed by atoms with Gasteiger partial charge in [0, 0.05) is 28.4 Å². The van der Waals surface area contributed by atoms with Crippen LogP contribution in [0.4, 0.5) is 5.69 Å². The molecule has 0 bridgehead atoms. The summed E-state index contributed by atoms with van der Waals surface area (Å²) < 4.78 is 5.23. The Hall–Kier alpha value is -2.89. The topological polar surface area (TPSA) is 88.0 Å². The van der Waals surface area contributed by atoms with E-state index in [0.717, 1.165) is 47.0 Å². The molecule has 2 N–H and O–H groups in total. The minimum Gasteiger partial charge on any atom is -0.423 e. The highest BCUT2D eigenvalue weighted by molar-refractivity contribution is 6.05. The van der Waals surface area contributed by atoms with Crippen molar-refractivity contribution in [2.24, 2.45) is 0 Å². The molecule has 122 valence electrons. The van der Waals surface area contributed by atoms with Gasteiger partial charge in [-0.3, -0.25) is 9.89 Å². The van der Waals surface area contributed by atoms with Gasteiger partial charge in [-0.25, -0.2) is 4.79 Å². The van der Waals surface area contributed by atoms with E-state index in [2.05, 4.69) is 15.5 Å². The molecule has 0 unspecified atom stereocenters. The van der Waals surface area contributed by atoms with Gasteiger partial charge in [-0.15, -0.1) is 0 Å².